The average Bonchev–Trinajstić information content (AvgIpc) is 2.56. The van der Waals surface area contributed by atoms with E-state index >= 15 is 0 Å². The summed E-state index contributed by atoms with van der Waals surface area (Å²) in [5.41, 5.74) is 2.04. The Bertz CT molecular complexity index is 678. The van der Waals surface area contributed by atoms with Crippen molar-refractivity contribution in [3.05, 3.63) is 53.2 Å². The van der Waals surface area contributed by atoms with E-state index in [1.165, 1.54) is 11.8 Å². The minimum atomic E-state index is -0.285. The van der Waals surface area contributed by atoms with Gasteiger partial charge >= 0.3 is 0 Å². The molecule has 1 amide bonds. The van der Waals surface area contributed by atoms with E-state index in [0.717, 1.165) is 17.7 Å². The number of amides is 1. The molecule has 0 saturated heterocycles. The molecule has 0 saturated carbocycles. The summed E-state index contributed by atoms with van der Waals surface area (Å²) >= 11 is 7.47. The molecule has 0 bridgehead atoms. The quantitative estimate of drug-likeness (QED) is 0.714. The minimum Gasteiger partial charge on any atom is -0.325 e. The number of hydrogen-bond donors (Lipinski definition) is 1. The molecule has 2 unspecified atom stereocenters. The number of nitrogens with one attached hydrogen (secondary N) is 1. The van der Waals surface area contributed by atoms with Crippen LogP contribution in [0.1, 0.15) is 38.7 Å². The van der Waals surface area contributed by atoms with Crippen molar-refractivity contribution in [1.82, 2.24) is 4.98 Å². The van der Waals surface area contributed by atoms with Crippen LogP contribution in [0.15, 0.2) is 47.6 Å². The van der Waals surface area contributed by atoms with Gasteiger partial charge < -0.3 is 5.32 Å². The Morgan fingerprint density at radius 3 is 2.70 bits per heavy atom. The van der Waals surface area contributed by atoms with Crippen LogP contribution >= 0.6 is 23.4 Å². The van der Waals surface area contributed by atoms with Gasteiger partial charge in [0.05, 0.1) is 10.3 Å². The lowest BCUT2D eigenvalue weighted by Crippen LogP contribution is -2.23. The number of rotatable bonds is 6. The first-order valence-corrected chi connectivity index (χ1v) is 8.95. The maximum Gasteiger partial charge on any atom is 0.237 e. The Kier molecular flexibility index (Phi) is 6.48. The average molecular weight is 349 g/mol. The summed E-state index contributed by atoms with van der Waals surface area (Å²) in [6.07, 6.45) is 2.71. The van der Waals surface area contributed by atoms with Gasteiger partial charge in [0.1, 0.15) is 5.03 Å². The lowest BCUT2D eigenvalue weighted by Gasteiger charge is -2.17. The number of nitrogens with zero attached hydrogens (tertiary/aromatic N) is 1. The Hall–Kier alpha value is -1.52. The van der Waals surface area contributed by atoms with Crippen molar-refractivity contribution in [2.24, 2.45) is 0 Å². The van der Waals surface area contributed by atoms with Gasteiger partial charge in [-0.1, -0.05) is 55.4 Å². The summed E-state index contributed by atoms with van der Waals surface area (Å²) in [6.45, 7) is 6.17. The van der Waals surface area contributed by atoms with Crippen LogP contribution in [-0.2, 0) is 4.79 Å². The molecule has 1 heterocycles. The highest BCUT2D eigenvalue weighted by Crippen LogP contribution is 2.30. The van der Waals surface area contributed by atoms with E-state index in [0.29, 0.717) is 16.0 Å². The van der Waals surface area contributed by atoms with Gasteiger partial charge in [0.25, 0.3) is 0 Å². The van der Waals surface area contributed by atoms with Crippen LogP contribution in [0.5, 0.6) is 0 Å². The molecule has 23 heavy (non-hydrogen) atoms. The molecule has 1 aromatic heterocycles. The third-order valence-electron chi connectivity index (χ3n) is 3.74. The smallest absolute Gasteiger partial charge is 0.237 e. The van der Waals surface area contributed by atoms with Crippen molar-refractivity contribution in [2.75, 3.05) is 5.32 Å². The van der Waals surface area contributed by atoms with E-state index < -0.39 is 0 Å². The van der Waals surface area contributed by atoms with Crippen molar-refractivity contribution >= 4 is 35.0 Å². The van der Waals surface area contributed by atoms with Gasteiger partial charge in [0.2, 0.25) is 5.91 Å². The molecule has 5 heteroatoms. The van der Waals surface area contributed by atoms with Gasteiger partial charge in [-0.25, -0.2) is 4.98 Å². The maximum atomic E-state index is 12.5. The zero-order chi connectivity index (χ0) is 16.8. The second-order valence-corrected chi connectivity index (χ2v) is 7.17. The summed E-state index contributed by atoms with van der Waals surface area (Å²) in [4.78, 5) is 16.7. The Morgan fingerprint density at radius 2 is 2.00 bits per heavy atom. The second kappa shape index (κ2) is 8.37. The summed E-state index contributed by atoms with van der Waals surface area (Å²) in [5.74, 6) is 0.354. The number of anilines is 1. The molecule has 2 rings (SSSR count). The lowest BCUT2D eigenvalue weighted by molar-refractivity contribution is -0.115. The molecular weight excluding hydrogens is 328 g/mol. The number of carbonyl (C=O) groups excluding carboxylic acids is 1. The largest absolute Gasteiger partial charge is 0.325 e. The number of halogens is 1. The minimum absolute atomic E-state index is 0.0486. The van der Waals surface area contributed by atoms with Gasteiger partial charge in [0.15, 0.2) is 0 Å². The van der Waals surface area contributed by atoms with Crippen molar-refractivity contribution in [3.63, 3.8) is 0 Å². The molecule has 3 nitrogen and oxygen atoms in total. The van der Waals surface area contributed by atoms with Gasteiger partial charge in [-0.3, -0.25) is 4.79 Å². The van der Waals surface area contributed by atoms with E-state index in [1.807, 2.05) is 25.1 Å². The molecule has 1 aromatic carbocycles. The normalized spacial score (nSPS) is 13.4. The van der Waals surface area contributed by atoms with Crippen molar-refractivity contribution in [2.45, 2.75) is 43.4 Å². The lowest BCUT2D eigenvalue weighted by atomic mass is 9.97. The Morgan fingerprint density at radius 1 is 1.26 bits per heavy atom. The van der Waals surface area contributed by atoms with E-state index in [2.05, 4.69) is 30.2 Å². The number of aromatic nitrogens is 1. The van der Waals surface area contributed by atoms with Crippen LogP contribution in [0, 0.1) is 0 Å². The molecule has 0 aliphatic carbocycles. The molecule has 2 aromatic rings. The van der Waals surface area contributed by atoms with Crippen molar-refractivity contribution < 1.29 is 4.79 Å². The fourth-order valence-corrected chi connectivity index (χ4v) is 3.23. The molecule has 0 fully saturated rings. The number of para-hydroxylation sites is 1. The zero-order valence-corrected chi connectivity index (χ0v) is 15.1. The highest BCUT2D eigenvalue weighted by atomic mass is 35.5. The van der Waals surface area contributed by atoms with E-state index in [4.69, 9.17) is 11.6 Å². The predicted octanol–water partition coefficient (Wildman–Crippen LogP) is 5.37. The van der Waals surface area contributed by atoms with Gasteiger partial charge in [-0.2, -0.15) is 0 Å². The van der Waals surface area contributed by atoms with E-state index in [9.17, 15) is 4.79 Å². The molecule has 0 spiro atoms. The first kappa shape index (κ1) is 17.8. The van der Waals surface area contributed by atoms with Crippen LogP contribution < -0.4 is 5.32 Å². The highest BCUT2D eigenvalue weighted by Gasteiger charge is 2.18. The fraction of sp³-hybridized carbons (Fsp3) is 0.333. The summed E-state index contributed by atoms with van der Waals surface area (Å²) in [6, 6.07) is 11.5. The SMILES string of the molecule is CCC(C)c1ccccc1NC(=O)C(C)Sc1ncccc1Cl. The van der Waals surface area contributed by atoms with Crippen LogP contribution in [0.25, 0.3) is 0 Å². The maximum absolute atomic E-state index is 12.5. The van der Waals surface area contributed by atoms with Crippen molar-refractivity contribution in [1.29, 1.82) is 0 Å². The van der Waals surface area contributed by atoms with Crippen LogP contribution in [0.2, 0.25) is 5.02 Å². The summed E-state index contributed by atoms with van der Waals surface area (Å²) in [5, 5.41) is 3.99. The summed E-state index contributed by atoms with van der Waals surface area (Å²) in [7, 11) is 0. The monoisotopic (exact) mass is 348 g/mol. The zero-order valence-electron chi connectivity index (χ0n) is 13.5. The van der Waals surface area contributed by atoms with Gasteiger partial charge in [-0.15, -0.1) is 0 Å². The third-order valence-corrected chi connectivity index (χ3v) is 5.28. The number of pyridine rings is 1. The Balaban J connectivity index is 2.09. The summed E-state index contributed by atoms with van der Waals surface area (Å²) < 4.78 is 0. The first-order chi connectivity index (χ1) is 11.0. The molecule has 0 aliphatic heterocycles. The first-order valence-electron chi connectivity index (χ1n) is 7.69. The molecule has 2 atom stereocenters. The Labute approximate surface area is 146 Å². The van der Waals surface area contributed by atoms with Crippen molar-refractivity contribution in [3.8, 4) is 0 Å². The molecule has 1 N–H and O–H groups in total. The fourth-order valence-electron chi connectivity index (χ4n) is 2.17. The molecular formula is C18H21ClN2OS. The van der Waals surface area contributed by atoms with Crippen LogP contribution in [0.3, 0.4) is 0 Å². The number of thioether (sulfide) groups is 1. The predicted molar refractivity (Wildman–Crippen MR) is 98.3 cm³/mol. The van der Waals surface area contributed by atoms with Gasteiger partial charge in [-0.05, 0) is 43.0 Å². The van der Waals surface area contributed by atoms with Crippen LogP contribution in [0.4, 0.5) is 5.69 Å². The topological polar surface area (TPSA) is 42.0 Å². The molecule has 0 radical (unpaired) electrons. The van der Waals surface area contributed by atoms with Crippen LogP contribution in [-0.4, -0.2) is 16.1 Å². The molecule has 122 valence electrons. The molecule has 0 aliphatic rings. The standard InChI is InChI=1S/C18H21ClN2OS/c1-4-12(2)14-8-5-6-10-16(14)21-17(22)13(3)23-18-15(19)9-7-11-20-18/h5-13H,4H2,1-3H3,(H,21,22). The van der Waals surface area contributed by atoms with Gasteiger partial charge in [0, 0.05) is 11.9 Å². The number of carbonyl (C=O) groups is 1. The van der Waals surface area contributed by atoms with E-state index in [-0.39, 0.29) is 11.2 Å². The number of benzene rings is 1. The highest BCUT2D eigenvalue weighted by molar-refractivity contribution is 8.00. The van der Waals surface area contributed by atoms with E-state index in [1.54, 1.807) is 18.3 Å². The second-order valence-electron chi connectivity index (χ2n) is 5.44. The number of hydrogen-bond acceptors (Lipinski definition) is 3. The third kappa shape index (κ3) is 4.72.